The second kappa shape index (κ2) is 9.02. The van der Waals surface area contributed by atoms with Gasteiger partial charge in [0.2, 0.25) is 0 Å². The maximum Gasteiger partial charge on any atom is 0.129 e. The Kier molecular flexibility index (Phi) is 5.76. The van der Waals surface area contributed by atoms with Crippen LogP contribution in [-0.2, 0) is 5.41 Å². The zero-order valence-electron chi connectivity index (χ0n) is 19.6. The van der Waals surface area contributed by atoms with E-state index < -0.39 is 0 Å². The first kappa shape index (κ1) is 21.7. The lowest BCUT2D eigenvalue weighted by Gasteiger charge is -2.30. The molecule has 4 heterocycles. The van der Waals surface area contributed by atoms with Crippen molar-refractivity contribution in [3.63, 3.8) is 0 Å². The number of aromatic nitrogens is 6. The number of hydrogen-bond acceptors (Lipinski definition) is 6. The van der Waals surface area contributed by atoms with E-state index in [0.29, 0.717) is 6.54 Å². The Morgan fingerprint density at radius 3 is 2.65 bits per heavy atom. The first-order valence-corrected chi connectivity index (χ1v) is 11.4. The number of benzene rings is 1. The molecule has 7 heteroatoms. The van der Waals surface area contributed by atoms with Crippen LogP contribution in [0.25, 0.3) is 33.4 Å². The fraction of sp³-hybridized carbons (Fsp3) is 0.222. The minimum Gasteiger partial charge on any atom is -0.369 e. The fourth-order valence-electron chi connectivity index (χ4n) is 4.23. The van der Waals surface area contributed by atoms with Gasteiger partial charge in [0.05, 0.1) is 16.9 Å². The maximum atomic E-state index is 4.79. The van der Waals surface area contributed by atoms with Gasteiger partial charge in [-0.15, -0.1) is 0 Å². The molecular formula is C27H27N7. The molecule has 0 amide bonds. The summed E-state index contributed by atoms with van der Waals surface area (Å²) in [4.78, 5) is 18.1. The number of H-pyrrole nitrogens is 1. The highest BCUT2D eigenvalue weighted by Gasteiger charge is 2.28. The van der Waals surface area contributed by atoms with Crippen molar-refractivity contribution in [3.8, 4) is 22.5 Å². The van der Waals surface area contributed by atoms with Crippen LogP contribution in [0.4, 0.5) is 5.82 Å². The van der Waals surface area contributed by atoms with Crippen LogP contribution in [0.3, 0.4) is 0 Å². The fourth-order valence-corrected chi connectivity index (χ4v) is 4.23. The summed E-state index contributed by atoms with van der Waals surface area (Å²) in [6.45, 7) is 7.16. The highest BCUT2D eigenvalue weighted by atomic mass is 15.1. The Morgan fingerprint density at radius 1 is 0.971 bits per heavy atom. The Hall–Kier alpha value is -4.13. The number of nitrogens with one attached hydrogen (secondary N) is 2. The van der Waals surface area contributed by atoms with Gasteiger partial charge in [0, 0.05) is 58.8 Å². The third-order valence-electron chi connectivity index (χ3n) is 6.53. The molecule has 7 nitrogen and oxygen atoms in total. The second-order valence-corrected chi connectivity index (χ2v) is 8.78. The zero-order chi connectivity index (χ0) is 23.5. The van der Waals surface area contributed by atoms with Crippen LogP contribution in [0.5, 0.6) is 0 Å². The van der Waals surface area contributed by atoms with Crippen molar-refractivity contribution in [2.75, 3.05) is 11.9 Å². The molecule has 5 rings (SSSR count). The van der Waals surface area contributed by atoms with Crippen LogP contribution < -0.4 is 5.32 Å². The Balaban J connectivity index is 1.46. The van der Waals surface area contributed by atoms with Gasteiger partial charge in [-0.2, -0.15) is 5.10 Å². The van der Waals surface area contributed by atoms with Crippen LogP contribution in [0, 0.1) is 6.92 Å². The van der Waals surface area contributed by atoms with Gasteiger partial charge in [0.25, 0.3) is 0 Å². The molecule has 0 saturated heterocycles. The van der Waals surface area contributed by atoms with Gasteiger partial charge in [-0.1, -0.05) is 32.0 Å². The lowest BCUT2D eigenvalue weighted by atomic mass is 9.78. The number of fused-ring (bicyclic) bond motifs is 1. The maximum absolute atomic E-state index is 4.79. The zero-order valence-corrected chi connectivity index (χ0v) is 19.6. The molecule has 2 N–H and O–H groups in total. The van der Waals surface area contributed by atoms with Crippen LogP contribution >= 0.6 is 0 Å². The van der Waals surface area contributed by atoms with Crippen LogP contribution in [0.1, 0.15) is 31.5 Å². The number of nitrogens with zero attached hydrogens (tertiary/aromatic N) is 5. The van der Waals surface area contributed by atoms with Gasteiger partial charge >= 0.3 is 0 Å². The molecule has 0 radical (unpaired) electrons. The van der Waals surface area contributed by atoms with E-state index in [2.05, 4.69) is 62.5 Å². The van der Waals surface area contributed by atoms with Crippen LogP contribution in [0.15, 0.2) is 73.4 Å². The molecule has 0 spiro atoms. The molecule has 0 bridgehead atoms. The molecule has 170 valence electrons. The number of pyridine rings is 2. The van der Waals surface area contributed by atoms with Gasteiger partial charge < -0.3 is 5.32 Å². The third kappa shape index (κ3) is 4.12. The van der Waals surface area contributed by atoms with Crippen LogP contribution in [0.2, 0.25) is 0 Å². The topological polar surface area (TPSA) is 92.3 Å². The van der Waals surface area contributed by atoms with E-state index in [-0.39, 0.29) is 5.41 Å². The molecule has 0 unspecified atom stereocenters. The normalized spacial score (nSPS) is 13.0. The predicted molar refractivity (Wildman–Crippen MR) is 135 cm³/mol. The average Bonchev–Trinajstić information content (AvgIpc) is 3.42. The Bertz CT molecular complexity index is 1410. The van der Waals surface area contributed by atoms with E-state index >= 15 is 0 Å². The van der Waals surface area contributed by atoms with E-state index in [9.17, 15) is 0 Å². The summed E-state index contributed by atoms with van der Waals surface area (Å²) in [7, 11) is 0. The molecule has 0 aliphatic carbocycles. The Morgan fingerprint density at radius 2 is 1.88 bits per heavy atom. The van der Waals surface area contributed by atoms with E-state index in [1.54, 1.807) is 12.5 Å². The van der Waals surface area contributed by atoms with Gasteiger partial charge in [0.15, 0.2) is 0 Å². The molecule has 1 atom stereocenters. The predicted octanol–water partition coefficient (Wildman–Crippen LogP) is 5.57. The molecular weight excluding hydrogens is 422 g/mol. The molecule has 1 aromatic carbocycles. The SMILES string of the molecule is CC[C@](C)(CNc1cc(-c2ccc(C)nc2)ncn1)c1cccc2c(-c3ccn[nH]3)ccnc12. The minimum atomic E-state index is -0.157. The van der Waals surface area contributed by atoms with Gasteiger partial charge in [-0.25, -0.2) is 9.97 Å². The van der Waals surface area contributed by atoms with E-state index in [4.69, 9.17) is 4.98 Å². The first-order valence-electron chi connectivity index (χ1n) is 11.4. The smallest absolute Gasteiger partial charge is 0.129 e. The van der Waals surface area contributed by atoms with Gasteiger partial charge in [0.1, 0.15) is 12.1 Å². The highest BCUT2D eigenvalue weighted by molar-refractivity contribution is 5.95. The molecule has 0 aliphatic rings. The number of anilines is 1. The largest absolute Gasteiger partial charge is 0.369 e. The summed E-state index contributed by atoms with van der Waals surface area (Å²) < 4.78 is 0. The summed E-state index contributed by atoms with van der Waals surface area (Å²) in [6.07, 6.45) is 8.02. The number of para-hydroxylation sites is 1. The second-order valence-electron chi connectivity index (χ2n) is 8.78. The summed E-state index contributed by atoms with van der Waals surface area (Å²) in [5, 5.41) is 11.9. The quantitative estimate of drug-likeness (QED) is 0.338. The standard InChI is InChI=1S/C27H27N7/c1-4-27(3,16-30-25-14-24(31-17-32-25)19-9-8-18(2)29-15-19)22-7-5-6-21-20(10-12-28-26(21)22)23-11-13-33-34-23/h5-15,17H,4,16H2,1-3H3,(H,33,34)(H,30,31,32)/t27-/m1/s1. The summed E-state index contributed by atoms with van der Waals surface area (Å²) in [6, 6.07) is 16.4. The summed E-state index contributed by atoms with van der Waals surface area (Å²) in [5.41, 5.74) is 6.94. The van der Waals surface area contributed by atoms with Crippen molar-refractivity contribution < 1.29 is 0 Å². The van der Waals surface area contributed by atoms with Crippen molar-refractivity contribution in [1.29, 1.82) is 0 Å². The lowest BCUT2D eigenvalue weighted by molar-refractivity contribution is 0.484. The van der Waals surface area contributed by atoms with Crippen LogP contribution in [-0.4, -0.2) is 36.7 Å². The molecule has 4 aromatic heterocycles. The Labute approximate surface area is 198 Å². The van der Waals surface area contributed by atoms with Crippen molar-refractivity contribution in [3.05, 3.63) is 84.7 Å². The molecule has 0 saturated carbocycles. The number of rotatable bonds is 7. The van der Waals surface area contributed by atoms with Gasteiger partial charge in [-0.3, -0.25) is 15.1 Å². The van der Waals surface area contributed by atoms with E-state index in [0.717, 1.165) is 51.4 Å². The summed E-state index contributed by atoms with van der Waals surface area (Å²) in [5.74, 6) is 0.789. The first-order chi connectivity index (χ1) is 16.6. The van der Waals surface area contributed by atoms with E-state index in [1.807, 2.05) is 49.6 Å². The highest BCUT2D eigenvalue weighted by Crippen LogP contribution is 2.35. The molecule has 34 heavy (non-hydrogen) atoms. The van der Waals surface area contributed by atoms with Crippen molar-refractivity contribution in [2.45, 2.75) is 32.6 Å². The number of aromatic amines is 1. The van der Waals surface area contributed by atoms with Crippen molar-refractivity contribution in [2.24, 2.45) is 0 Å². The molecule has 0 fully saturated rings. The lowest BCUT2D eigenvalue weighted by Crippen LogP contribution is -2.31. The molecule has 0 aliphatic heterocycles. The third-order valence-corrected chi connectivity index (χ3v) is 6.53. The monoisotopic (exact) mass is 449 g/mol. The average molecular weight is 450 g/mol. The minimum absolute atomic E-state index is 0.157. The number of hydrogen-bond donors (Lipinski definition) is 2. The van der Waals surface area contributed by atoms with Crippen molar-refractivity contribution in [1.82, 2.24) is 30.1 Å². The number of aryl methyl sites for hydroxylation is 1. The molecule has 5 aromatic rings. The van der Waals surface area contributed by atoms with Crippen molar-refractivity contribution >= 4 is 16.7 Å². The van der Waals surface area contributed by atoms with E-state index in [1.165, 1.54) is 5.56 Å². The van der Waals surface area contributed by atoms with Gasteiger partial charge in [-0.05, 0) is 43.2 Å². The summed E-state index contributed by atoms with van der Waals surface area (Å²) >= 11 is 0.